The number of nitrogens with zero attached hydrogens (tertiary/aromatic N) is 1. The van der Waals surface area contributed by atoms with Crippen molar-refractivity contribution in [1.29, 1.82) is 0 Å². The third-order valence-electron chi connectivity index (χ3n) is 3.62. The number of benzene rings is 1. The summed E-state index contributed by atoms with van der Waals surface area (Å²) in [7, 11) is 1.59. The van der Waals surface area contributed by atoms with Crippen LogP contribution < -0.4 is 10.5 Å². The van der Waals surface area contributed by atoms with Crippen LogP contribution in [0, 0.1) is 0 Å². The van der Waals surface area contributed by atoms with Gasteiger partial charge in [0.1, 0.15) is 5.75 Å². The molecule has 3 rings (SSSR count). The summed E-state index contributed by atoms with van der Waals surface area (Å²) in [5, 5.41) is 0.720. The molecule has 0 saturated heterocycles. The third kappa shape index (κ3) is 2.52. The van der Waals surface area contributed by atoms with E-state index in [1.165, 1.54) is 0 Å². The summed E-state index contributed by atoms with van der Waals surface area (Å²) < 4.78 is 5.20. The molecule has 1 aliphatic rings. The Labute approximate surface area is 122 Å². The predicted octanol–water partition coefficient (Wildman–Crippen LogP) is 3.08. The minimum atomic E-state index is -0.455. The van der Waals surface area contributed by atoms with Crippen molar-refractivity contribution in [3.05, 3.63) is 53.8 Å². The van der Waals surface area contributed by atoms with Crippen LogP contribution in [-0.2, 0) is 0 Å². The van der Waals surface area contributed by atoms with Gasteiger partial charge in [-0.05, 0) is 42.7 Å². The van der Waals surface area contributed by atoms with Crippen molar-refractivity contribution in [2.24, 2.45) is 5.73 Å². The van der Waals surface area contributed by atoms with Crippen molar-refractivity contribution in [2.45, 2.75) is 12.8 Å². The number of amides is 1. The fraction of sp³-hybridized carbons (Fsp3) is 0.176. The molecule has 1 aliphatic carbocycles. The van der Waals surface area contributed by atoms with Crippen LogP contribution in [0.4, 0.5) is 0 Å². The minimum Gasteiger partial charge on any atom is -0.497 e. The molecule has 2 N–H and O–H groups in total. The van der Waals surface area contributed by atoms with Gasteiger partial charge >= 0.3 is 0 Å². The standard InChI is InChI=1S/C17H16N2O2/c1-21-12-7-8-15-13(9-12)14(17(18)20)10-16(19-15)11-5-3-2-4-6-11/h2-3,5,7-10H,4,6H2,1H3,(H2,18,20). The Balaban J connectivity index is 2.23. The van der Waals surface area contributed by atoms with Crippen molar-refractivity contribution in [2.75, 3.05) is 7.11 Å². The van der Waals surface area contributed by atoms with Gasteiger partial charge in [-0.2, -0.15) is 0 Å². The number of allylic oxidation sites excluding steroid dienone is 4. The predicted molar refractivity (Wildman–Crippen MR) is 83.2 cm³/mol. The summed E-state index contributed by atoms with van der Waals surface area (Å²) in [5.41, 5.74) is 8.69. The Bertz CT molecular complexity index is 776. The van der Waals surface area contributed by atoms with E-state index in [4.69, 9.17) is 10.5 Å². The molecular weight excluding hydrogens is 264 g/mol. The minimum absolute atomic E-state index is 0.455. The second-order valence-corrected chi connectivity index (χ2v) is 4.96. The van der Waals surface area contributed by atoms with Crippen LogP contribution in [-0.4, -0.2) is 18.0 Å². The lowest BCUT2D eigenvalue weighted by Crippen LogP contribution is -2.13. The van der Waals surface area contributed by atoms with Gasteiger partial charge in [-0.1, -0.05) is 18.2 Å². The number of carbonyl (C=O) groups excluding carboxylic acids is 1. The average Bonchev–Trinajstić information content (AvgIpc) is 2.54. The summed E-state index contributed by atoms with van der Waals surface area (Å²) in [5.74, 6) is 0.225. The molecule has 0 radical (unpaired) electrons. The molecule has 106 valence electrons. The molecule has 1 aromatic carbocycles. The lowest BCUT2D eigenvalue weighted by molar-refractivity contribution is 0.100. The van der Waals surface area contributed by atoms with Crippen LogP contribution in [0.3, 0.4) is 0 Å². The number of rotatable bonds is 3. The molecule has 1 amide bonds. The van der Waals surface area contributed by atoms with Gasteiger partial charge in [-0.15, -0.1) is 0 Å². The van der Waals surface area contributed by atoms with E-state index < -0.39 is 5.91 Å². The molecule has 0 atom stereocenters. The number of ether oxygens (including phenoxy) is 1. The zero-order chi connectivity index (χ0) is 14.8. The summed E-state index contributed by atoms with van der Waals surface area (Å²) in [6, 6.07) is 7.25. The van der Waals surface area contributed by atoms with E-state index in [0.29, 0.717) is 11.3 Å². The molecular formula is C17H16N2O2. The maximum atomic E-state index is 11.8. The molecule has 2 aromatic rings. The summed E-state index contributed by atoms with van der Waals surface area (Å²) in [6.07, 6.45) is 8.07. The monoisotopic (exact) mass is 280 g/mol. The number of fused-ring (bicyclic) bond motifs is 1. The van der Waals surface area contributed by atoms with Gasteiger partial charge in [0.05, 0.1) is 23.9 Å². The molecule has 0 unspecified atom stereocenters. The lowest BCUT2D eigenvalue weighted by Gasteiger charge is -2.12. The average molecular weight is 280 g/mol. The first-order valence-electron chi connectivity index (χ1n) is 6.83. The van der Waals surface area contributed by atoms with Crippen LogP contribution in [0.15, 0.2) is 42.5 Å². The van der Waals surface area contributed by atoms with Gasteiger partial charge in [-0.25, -0.2) is 4.98 Å². The van der Waals surface area contributed by atoms with Crippen molar-refractivity contribution in [3.8, 4) is 5.75 Å². The smallest absolute Gasteiger partial charge is 0.249 e. The fourth-order valence-electron chi connectivity index (χ4n) is 2.52. The van der Waals surface area contributed by atoms with E-state index in [1.54, 1.807) is 19.2 Å². The SMILES string of the molecule is COc1ccc2nc(C3=CC=CCC3)cc(C(N)=O)c2c1. The number of hydrogen-bond acceptors (Lipinski definition) is 3. The Hall–Kier alpha value is -2.62. The lowest BCUT2D eigenvalue weighted by atomic mass is 9.98. The highest BCUT2D eigenvalue weighted by Gasteiger charge is 2.14. The maximum absolute atomic E-state index is 11.8. The van der Waals surface area contributed by atoms with Crippen molar-refractivity contribution < 1.29 is 9.53 Å². The number of pyridine rings is 1. The van der Waals surface area contributed by atoms with Gasteiger partial charge in [0, 0.05) is 5.39 Å². The highest BCUT2D eigenvalue weighted by Crippen LogP contribution is 2.28. The summed E-state index contributed by atoms with van der Waals surface area (Å²) in [4.78, 5) is 16.4. The number of carbonyl (C=O) groups is 1. The number of aromatic nitrogens is 1. The molecule has 4 nitrogen and oxygen atoms in total. The zero-order valence-corrected chi connectivity index (χ0v) is 11.8. The Morgan fingerprint density at radius 3 is 2.86 bits per heavy atom. The van der Waals surface area contributed by atoms with Gasteiger partial charge in [-0.3, -0.25) is 4.79 Å². The van der Waals surface area contributed by atoms with E-state index in [0.717, 1.165) is 35.0 Å². The van der Waals surface area contributed by atoms with Crippen LogP contribution in [0.25, 0.3) is 16.5 Å². The van der Waals surface area contributed by atoms with E-state index in [1.807, 2.05) is 24.3 Å². The molecule has 0 aliphatic heterocycles. The largest absolute Gasteiger partial charge is 0.497 e. The van der Waals surface area contributed by atoms with Gasteiger partial charge in [0.15, 0.2) is 0 Å². The van der Waals surface area contributed by atoms with Crippen molar-refractivity contribution in [3.63, 3.8) is 0 Å². The molecule has 1 aromatic heterocycles. The van der Waals surface area contributed by atoms with Crippen molar-refractivity contribution in [1.82, 2.24) is 4.98 Å². The van der Waals surface area contributed by atoms with Crippen molar-refractivity contribution >= 4 is 22.4 Å². The maximum Gasteiger partial charge on any atom is 0.249 e. The first-order chi connectivity index (χ1) is 10.2. The number of hydrogen-bond donors (Lipinski definition) is 1. The fourth-order valence-corrected chi connectivity index (χ4v) is 2.52. The number of methoxy groups -OCH3 is 1. The first-order valence-corrected chi connectivity index (χ1v) is 6.83. The molecule has 0 saturated carbocycles. The number of primary amides is 1. The van der Waals surface area contributed by atoms with E-state index in [2.05, 4.69) is 11.1 Å². The summed E-state index contributed by atoms with van der Waals surface area (Å²) >= 11 is 0. The Morgan fingerprint density at radius 2 is 2.19 bits per heavy atom. The van der Waals surface area contributed by atoms with Gasteiger partial charge < -0.3 is 10.5 Å². The number of nitrogens with two attached hydrogens (primary N) is 1. The van der Waals surface area contributed by atoms with Gasteiger partial charge in [0.2, 0.25) is 5.91 Å². The molecule has 0 fully saturated rings. The van der Waals surface area contributed by atoms with Crippen LogP contribution in [0.5, 0.6) is 5.75 Å². The molecule has 4 heteroatoms. The highest BCUT2D eigenvalue weighted by molar-refractivity contribution is 6.06. The molecule has 1 heterocycles. The molecule has 21 heavy (non-hydrogen) atoms. The Morgan fingerprint density at radius 1 is 1.33 bits per heavy atom. The summed E-state index contributed by atoms with van der Waals surface area (Å²) in [6.45, 7) is 0. The van der Waals surface area contributed by atoms with E-state index in [9.17, 15) is 4.79 Å². The van der Waals surface area contributed by atoms with E-state index >= 15 is 0 Å². The normalized spacial score (nSPS) is 14.0. The second kappa shape index (κ2) is 5.40. The van der Waals surface area contributed by atoms with Crippen LogP contribution in [0.1, 0.15) is 28.9 Å². The topological polar surface area (TPSA) is 65.2 Å². The van der Waals surface area contributed by atoms with Crippen LogP contribution >= 0.6 is 0 Å². The highest BCUT2D eigenvalue weighted by atomic mass is 16.5. The second-order valence-electron chi connectivity index (χ2n) is 4.96. The zero-order valence-electron chi connectivity index (χ0n) is 11.8. The van der Waals surface area contributed by atoms with Crippen LogP contribution in [0.2, 0.25) is 0 Å². The molecule has 0 bridgehead atoms. The molecule has 0 spiro atoms. The third-order valence-corrected chi connectivity index (χ3v) is 3.62. The van der Waals surface area contributed by atoms with Gasteiger partial charge in [0.25, 0.3) is 0 Å². The van der Waals surface area contributed by atoms with E-state index in [-0.39, 0.29) is 0 Å². The quantitative estimate of drug-likeness (QED) is 0.939. The Kier molecular flexibility index (Phi) is 3.44. The first kappa shape index (κ1) is 13.4.